The van der Waals surface area contributed by atoms with Crippen molar-refractivity contribution in [3.8, 4) is 0 Å². The third-order valence-corrected chi connectivity index (χ3v) is 2.33. The summed E-state index contributed by atoms with van der Waals surface area (Å²) in [4.78, 5) is 15.5. The molecular weight excluding hydrogens is 202 g/mol. The normalized spacial score (nSPS) is 9.88. The minimum absolute atomic E-state index is 0.133. The number of rotatable bonds is 5. The van der Waals surface area contributed by atoms with Crippen molar-refractivity contribution in [3.63, 3.8) is 0 Å². The summed E-state index contributed by atoms with van der Waals surface area (Å²) in [5.41, 5.74) is 1.47. The summed E-state index contributed by atoms with van der Waals surface area (Å²) in [5.74, 6) is 0.807. The van der Waals surface area contributed by atoms with Crippen molar-refractivity contribution in [1.82, 2.24) is 14.9 Å². The molecule has 1 aromatic rings. The first-order chi connectivity index (χ1) is 7.56. The lowest BCUT2D eigenvalue weighted by molar-refractivity contribution is -0.117. The molecular formula is C12H17N3O. The van der Waals surface area contributed by atoms with Crippen LogP contribution in [-0.4, -0.2) is 15.5 Å². The van der Waals surface area contributed by atoms with Crippen LogP contribution in [0, 0.1) is 0 Å². The van der Waals surface area contributed by atoms with Crippen LogP contribution in [0.5, 0.6) is 0 Å². The lowest BCUT2D eigenvalue weighted by Crippen LogP contribution is -2.24. The van der Waals surface area contributed by atoms with Gasteiger partial charge < -0.3 is 9.88 Å². The van der Waals surface area contributed by atoms with E-state index in [0.717, 1.165) is 17.9 Å². The molecule has 0 spiro atoms. The monoisotopic (exact) mass is 219 g/mol. The molecule has 16 heavy (non-hydrogen) atoms. The second-order valence-corrected chi connectivity index (χ2v) is 3.68. The van der Waals surface area contributed by atoms with E-state index in [1.54, 1.807) is 19.2 Å². The first-order valence-corrected chi connectivity index (χ1v) is 5.10. The van der Waals surface area contributed by atoms with Crippen LogP contribution in [0.1, 0.15) is 18.4 Å². The van der Waals surface area contributed by atoms with E-state index in [-0.39, 0.29) is 5.91 Å². The van der Waals surface area contributed by atoms with Crippen LogP contribution in [0.4, 0.5) is 0 Å². The fraction of sp³-hybridized carbons (Fsp3) is 0.333. The minimum atomic E-state index is -0.133. The van der Waals surface area contributed by atoms with Gasteiger partial charge in [0.1, 0.15) is 5.82 Å². The van der Waals surface area contributed by atoms with Crippen LogP contribution in [0.15, 0.2) is 31.0 Å². The number of allylic oxidation sites excluding steroid dienone is 1. The predicted octanol–water partition coefficient (Wildman–Crippen LogP) is 1.34. The molecule has 0 saturated heterocycles. The Morgan fingerprint density at radius 2 is 2.38 bits per heavy atom. The highest BCUT2D eigenvalue weighted by molar-refractivity contribution is 5.91. The summed E-state index contributed by atoms with van der Waals surface area (Å²) in [6.07, 6.45) is 4.29. The van der Waals surface area contributed by atoms with Crippen molar-refractivity contribution in [2.75, 3.05) is 0 Å². The van der Waals surface area contributed by atoms with E-state index in [1.165, 1.54) is 0 Å². The van der Waals surface area contributed by atoms with Gasteiger partial charge in [0.25, 0.3) is 0 Å². The Labute approximate surface area is 95.7 Å². The number of amides is 1. The van der Waals surface area contributed by atoms with Gasteiger partial charge in [0.15, 0.2) is 0 Å². The fourth-order valence-electron chi connectivity index (χ4n) is 1.29. The molecule has 0 aliphatic rings. The van der Waals surface area contributed by atoms with E-state index in [1.807, 2.05) is 11.6 Å². The number of hydrogen-bond donors (Lipinski definition) is 1. The van der Waals surface area contributed by atoms with Crippen molar-refractivity contribution in [3.05, 3.63) is 42.5 Å². The number of aromatic nitrogens is 2. The third-order valence-electron chi connectivity index (χ3n) is 2.33. The van der Waals surface area contributed by atoms with Gasteiger partial charge in [-0.2, -0.15) is 0 Å². The van der Waals surface area contributed by atoms with E-state index >= 15 is 0 Å². The Kier molecular flexibility index (Phi) is 4.05. The van der Waals surface area contributed by atoms with Gasteiger partial charge in [-0.15, -0.1) is 6.58 Å². The standard InChI is InChI=1S/C12H17N3O/c1-5-6-11-13-7-10(15(11)4)8-14-12(16)9(2)3/h5,7H,1-2,6,8H2,3-4H3,(H,14,16). The summed E-state index contributed by atoms with van der Waals surface area (Å²) < 4.78 is 1.96. The molecule has 0 aromatic carbocycles. The van der Waals surface area contributed by atoms with Crippen molar-refractivity contribution < 1.29 is 4.79 Å². The molecule has 1 heterocycles. The molecule has 86 valence electrons. The maximum Gasteiger partial charge on any atom is 0.246 e. The van der Waals surface area contributed by atoms with E-state index in [9.17, 15) is 4.79 Å². The van der Waals surface area contributed by atoms with E-state index in [4.69, 9.17) is 0 Å². The summed E-state index contributed by atoms with van der Waals surface area (Å²) in [6.45, 7) is 9.39. The fourth-order valence-corrected chi connectivity index (χ4v) is 1.29. The maximum absolute atomic E-state index is 11.3. The van der Waals surface area contributed by atoms with E-state index in [0.29, 0.717) is 12.1 Å². The average Bonchev–Trinajstić information content (AvgIpc) is 2.58. The molecule has 0 aliphatic heterocycles. The molecule has 0 aliphatic carbocycles. The Morgan fingerprint density at radius 3 is 2.94 bits per heavy atom. The van der Waals surface area contributed by atoms with Gasteiger partial charge in [-0.05, 0) is 6.92 Å². The van der Waals surface area contributed by atoms with Gasteiger partial charge in [0.05, 0.1) is 18.4 Å². The summed E-state index contributed by atoms with van der Waals surface area (Å²) in [6, 6.07) is 0. The lowest BCUT2D eigenvalue weighted by Gasteiger charge is -2.06. The predicted molar refractivity (Wildman–Crippen MR) is 63.8 cm³/mol. The second kappa shape index (κ2) is 5.30. The number of nitrogens with zero attached hydrogens (tertiary/aromatic N) is 2. The van der Waals surface area contributed by atoms with Gasteiger partial charge in [-0.25, -0.2) is 4.98 Å². The van der Waals surface area contributed by atoms with Gasteiger partial charge in [0, 0.05) is 19.0 Å². The van der Waals surface area contributed by atoms with Gasteiger partial charge in [-0.3, -0.25) is 4.79 Å². The number of carbonyl (C=O) groups excluding carboxylic acids is 1. The van der Waals surface area contributed by atoms with Gasteiger partial charge in [0.2, 0.25) is 5.91 Å². The number of hydrogen-bond acceptors (Lipinski definition) is 2. The van der Waals surface area contributed by atoms with Crippen molar-refractivity contribution in [2.45, 2.75) is 19.9 Å². The van der Waals surface area contributed by atoms with Crippen LogP contribution in [-0.2, 0) is 24.8 Å². The third kappa shape index (κ3) is 2.82. The SMILES string of the molecule is C=CCc1ncc(CNC(=O)C(=C)C)n1C. The molecule has 0 saturated carbocycles. The Bertz CT molecular complexity index is 418. The zero-order valence-corrected chi connectivity index (χ0v) is 9.79. The van der Waals surface area contributed by atoms with Crippen LogP contribution < -0.4 is 5.32 Å². The molecule has 0 fully saturated rings. The highest BCUT2D eigenvalue weighted by Crippen LogP contribution is 2.04. The smallest absolute Gasteiger partial charge is 0.246 e. The van der Waals surface area contributed by atoms with Crippen LogP contribution in [0.25, 0.3) is 0 Å². The number of carbonyl (C=O) groups is 1. The molecule has 0 unspecified atom stereocenters. The first-order valence-electron chi connectivity index (χ1n) is 5.10. The second-order valence-electron chi connectivity index (χ2n) is 3.68. The van der Waals surface area contributed by atoms with Crippen molar-refractivity contribution in [1.29, 1.82) is 0 Å². The molecule has 4 heteroatoms. The highest BCUT2D eigenvalue weighted by Gasteiger charge is 2.06. The quantitative estimate of drug-likeness (QED) is 0.600. The average molecular weight is 219 g/mol. The number of nitrogens with one attached hydrogen (secondary N) is 1. The molecule has 4 nitrogen and oxygen atoms in total. The maximum atomic E-state index is 11.3. The topological polar surface area (TPSA) is 46.9 Å². The summed E-state index contributed by atoms with van der Waals surface area (Å²) >= 11 is 0. The Balaban J connectivity index is 2.64. The molecule has 1 aromatic heterocycles. The molecule has 0 atom stereocenters. The van der Waals surface area contributed by atoms with E-state index < -0.39 is 0 Å². The van der Waals surface area contributed by atoms with Gasteiger partial charge >= 0.3 is 0 Å². The first kappa shape index (κ1) is 12.2. The summed E-state index contributed by atoms with van der Waals surface area (Å²) in [5, 5.41) is 2.77. The summed E-state index contributed by atoms with van der Waals surface area (Å²) in [7, 11) is 1.92. The Morgan fingerprint density at radius 1 is 1.69 bits per heavy atom. The zero-order chi connectivity index (χ0) is 12.1. The van der Waals surface area contributed by atoms with Crippen LogP contribution in [0.2, 0.25) is 0 Å². The molecule has 0 bridgehead atoms. The largest absolute Gasteiger partial charge is 0.347 e. The molecule has 1 N–H and O–H groups in total. The van der Waals surface area contributed by atoms with Crippen molar-refractivity contribution in [2.24, 2.45) is 7.05 Å². The molecule has 0 radical (unpaired) electrons. The number of imidazole rings is 1. The highest BCUT2D eigenvalue weighted by atomic mass is 16.1. The molecule has 1 rings (SSSR count). The zero-order valence-electron chi connectivity index (χ0n) is 9.79. The minimum Gasteiger partial charge on any atom is -0.347 e. The lowest BCUT2D eigenvalue weighted by atomic mass is 10.3. The van der Waals surface area contributed by atoms with E-state index in [2.05, 4.69) is 23.5 Å². The van der Waals surface area contributed by atoms with Crippen molar-refractivity contribution >= 4 is 5.91 Å². The van der Waals surface area contributed by atoms with Crippen LogP contribution >= 0.6 is 0 Å². The molecule has 1 amide bonds. The Hall–Kier alpha value is -1.84. The van der Waals surface area contributed by atoms with Crippen LogP contribution in [0.3, 0.4) is 0 Å². The van der Waals surface area contributed by atoms with Gasteiger partial charge in [-0.1, -0.05) is 12.7 Å².